The SMILES string of the molecule is O=C(O)N1CCC(O)(COCc2ccccc2)C(F)C1. The Morgan fingerprint density at radius 3 is 2.75 bits per heavy atom. The van der Waals surface area contributed by atoms with E-state index >= 15 is 0 Å². The molecular formula is C14H18FNO4. The Morgan fingerprint density at radius 1 is 1.45 bits per heavy atom. The van der Waals surface area contributed by atoms with Gasteiger partial charge in [-0.1, -0.05) is 30.3 Å². The molecule has 20 heavy (non-hydrogen) atoms. The zero-order chi connectivity index (χ0) is 14.6. The molecule has 110 valence electrons. The molecule has 0 aromatic heterocycles. The first-order valence-corrected chi connectivity index (χ1v) is 6.47. The number of hydrogen-bond acceptors (Lipinski definition) is 3. The van der Waals surface area contributed by atoms with Gasteiger partial charge in [-0.15, -0.1) is 0 Å². The highest BCUT2D eigenvalue weighted by atomic mass is 19.1. The average molecular weight is 283 g/mol. The van der Waals surface area contributed by atoms with Gasteiger partial charge in [0.1, 0.15) is 11.8 Å². The number of amides is 1. The molecule has 0 radical (unpaired) electrons. The van der Waals surface area contributed by atoms with E-state index in [1.54, 1.807) is 0 Å². The molecule has 1 heterocycles. The van der Waals surface area contributed by atoms with E-state index in [4.69, 9.17) is 9.84 Å². The van der Waals surface area contributed by atoms with Gasteiger partial charge in [0.2, 0.25) is 0 Å². The van der Waals surface area contributed by atoms with Crippen LogP contribution in [0.3, 0.4) is 0 Å². The summed E-state index contributed by atoms with van der Waals surface area (Å²) in [6, 6.07) is 9.39. The van der Waals surface area contributed by atoms with Crippen LogP contribution in [-0.4, -0.2) is 52.7 Å². The average Bonchev–Trinajstić information content (AvgIpc) is 2.43. The Labute approximate surface area is 116 Å². The summed E-state index contributed by atoms with van der Waals surface area (Å²) in [6.45, 7) is -0.0590. The number of aliphatic hydroxyl groups is 1. The zero-order valence-electron chi connectivity index (χ0n) is 11.0. The second-order valence-corrected chi connectivity index (χ2v) is 5.03. The van der Waals surface area contributed by atoms with Crippen molar-refractivity contribution in [3.8, 4) is 0 Å². The fraction of sp³-hybridized carbons (Fsp3) is 0.500. The molecule has 2 N–H and O–H groups in total. The molecule has 1 aliphatic rings. The Balaban J connectivity index is 1.84. The van der Waals surface area contributed by atoms with Crippen LogP contribution in [-0.2, 0) is 11.3 Å². The lowest BCUT2D eigenvalue weighted by Gasteiger charge is -2.39. The van der Waals surface area contributed by atoms with Gasteiger partial charge in [-0.05, 0) is 12.0 Å². The molecule has 0 bridgehead atoms. The van der Waals surface area contributed by atoms with Crippen molar-refractivity contribution < 1.29 is 24.1 Å². The quantitative estimate of drug-likeness (QED) is 0.881. The van der Waals surface area contributed by atoms with Crippen LogP contribution in [0.1, 0.15) is 12.0 Å². The van der Waals surface area contributed by atoms with E-state index in [9.17, 15) is 14.3 Å². The number of ether oxygens (including phenoxy) is 1. The summed E-state index contributed by atoms with van der Waals surface area (Å²) in [5, 5.41) is 19.0. The number of halogens is 1. The molecule has 0 aliphatic carbocycles. The molecule has 1 aromatic rings. The van der Waals surface area contributed by atoms with Crippen LogP contribution in [0.5, 0.6) is 0 Å². The second kappa shape index (κ2) is 6.19. The largest absolute Gasteiger partial charge is 0.465 e. The highest BCUT2D eigenvalue weighted by Crippen LogP contribution is 2.26. The molecule has 2 unspecified atom stereocenters. The summed E-state index contributed by atoms with van der Waals surface area (Å²) >= 11 is 0. The van der Waals surface area contributed by atoms with Crippen molar-refractivity contribution in [2.75, 3.05) is 19.7 Å². The molecule has 5 nitrogen and oxygen atoms in total. The highest BCUT2D eigenvalue weighted by Gasteiger charge is 2.43. The highest BCUT2D eigenvalue weighted by molar-refractivity contribution is 5.65. The molecule has 6 heteroatoms. The van der Waals surface area contributed by atoms with E-state index < -0.39 is 17.9 Å². The van der Waals surface area contributed by atoms with Gasteiger partial charge in [0.25, 0.3) is 0 Å². The monoisotopic (exact) mass is 283 g/mol. The predicted molar refractivity (Wildman–Crippen MR) is 70.2 cm³/mol. The first-order chi connectivity index (χ1) is 9.51. The molecule has 1 saturated heterocycles. The van der Waals surface area contributed by atoms with Gasteiger partial charge in [-0.3, -0.25) is 0 Å². The van der Waals surface area contributed by atoms with E-state index in [0.717, 1.165) is 10.5 Å². The molecule has 1 aliphatic heterocycles. The van der Waals surface area contributed by atoms with Crippen molar-refractivity contribution in [1.29, 1.82) is 0 Å². The minimum absolute atomic E-state index is 0.0370. The fourth-order valence-corrected chi connectivity index (χ4v) is 2.20. The van der Waals surface area contributed by atoms with Gasteiger partial charge in [-0.25, -0.2) is 9.18 Å². The van der Waals surface area contributed by atoms with E-state index in [-0.39, 0.29) is 26.1 Å². The van der Waals surface area contributed by atoms with Crippen molar-refractivity contribution in [2.45, 2.75) is 24.8 Å². The van der Waals surface area contributed by atoms with Crippen LogP contribution < -0.4 is 0 Å². The fourth-order valence-electron chi connectivity index (χ4n) is 2.20. The van der Waals surface area contributed by atoms with Gasteiger partial charge in [0.05, 0.1) is 19.8 Å². The van der Waals surface area contributed by atoms with E-state index in [1.807, 2.05) is 30.3 Å². The summed E-state index contributed by atoms with van der Waals surface area (Å²) in [5.74, 6) is 0. The summed E-state index contributed by atoms with van der Waals surface area (Å²) in [6.07, 6.45) is -2.77. The van der Waals surface area contributed by atoms with Crippen molar-refractivity contribution >= 4 is 6.09 Å². The third-order valence-corrected chi connectivity index (χ3v) is 3.51. The molecule has 0 spiro atoms. The third kappa shape index (κ3) is 3.46. The summed E-state index contributed by atoms with van der Waals surface area (Å²) in [5.41, 5.74) is -0.671. The molecule has 2 rings (SSSR count). The Bertz CT molecular complexity index is 456. The van der Waals surface area contributed by atoms with Crippen molar-refractivity contribution in [2.24, 2.45) is 0 Å². The van der Waals surface area contributed by atoms with Crippen molar-refractivity contribution in [3.63, 3.8) is 0 Å². The maximum absolute atomic E-state index is 13.9. The lowest BCUT2D eigenvalue weighted by Crippen LogP contribution is -2.57. The second-order valence-electron chi connectivity index (χ2n) is 5.03. The van der Waals surface area contributed by atoms with Gasteiger partial charge in [-0.2, -0.15) is 0 Å². The Hall–Kier alpha value is -1.66. The lowest BCUT2D eigenvalue weighted by molar-refractivity contribution is -0.126. The lowest BCUT2D eigenvalue weighted by atomic mass is 9.90. The van der Waals surface area contributed by atoms with E-state index in [0.29, 0.717) is 6.61 Å². The van der Waals surface area contributed by atoms with Crippen LogP contribution in [0.25, 0.3) is 0 Å². The topological polar surface area (TPSA) is 70.0 Å². The summed E-state index contributed by atoms with van der Waals surface area (Å²) in [4.78, 5) is 11.7. The van der Waals surface area contributed by atoms with Crippen molar-refractivity contribution in [1.82, 2.24) is 4.90 Å². The summed E-state index contributed by atoms with van der Waals surface area (Å²) in [7, 11) is 0. The van der Waals surface area contributed by atoms with E-state index in [1.165, 1.54) is 0 Å². The van der Waals surface area contributed by atoms with Gasteiger partial charge >= 0.3 is 6.09 Å². The summed E-state index contributed by atoms with van der Waals surface area (Å²) < 4.78 is 19.3. The van der Waals surface area contributed by atoms with Crippen molar-refractivity contribution in [3.05, 3.63) is 35.9 Å². The van der Waals surface area contributed by atoms with E-state index in [2.05, 4.69) is 0 Å². The maximum atomic E-state index is 13.9. The number of likely N-dealkylation sites (tertiary alicyclic amines) is 1. The van der Waals surface area contributed by atoms with Crippen LogP contribution in [0.2, 0.25) is 0 Å². The van der Waals surface area contributed by atoms with Gasteiger partial charge in [0, 0.05) is 6.54 Å². The first kappa shape index (κ1) is 14.7. The number of alkyl halides is 1. The van der Waals surface area contributed by atoms with Gasteiger partial charge < -0.3 is 19.8 Å². The van der Waals surface area contributed by atoms with Gasteiger partial charge in [0.15, 0.2) is 0 Å². The normalized spacial score (nSPS) is 26.5. The first-order valence-electron chi connectivity index (χ1n) is 6.47. The Morgan fingerprint density at radius 2 is 2.15 bits per heavy atom. The van der Waals surface area contributed by atoms with Crippen LogP contribution in [0.15, 0.2) is 30.3 Å². The number of hydrogen-bond donors (Lipinski definition) is 2. The standard InChI is InChI=1S/C14H18FNO4/c15-12-8-16(13(17)18)7-6-14(12,19)10-20-9-11-4-2-1-3-5-11/h1-5,12,19H,6-10H2,(H,17,18). The number of carbonyl (C=O) groups is 1. The van der Waals surface area contributed by atoms with Crippen LogP contribution in [0.4, 0.5) is 9.18 Å². The zero-order valence-corrected chi connectivity index (χ0v) is 11.0. The number of rotatable bonds is 4. The molecule has 1 amide bonds. The minimum Gasteiger partial charge on any atom is -0.465 e. The predicted octanol–water partition coefficient (Wildman–Crippen LogP) is 1.66. The minimum atomic E-state index is -1.64. The Kier molecular flexibility index (Phi) is 4.57. The third-order valence-electron chi connectivity index (χ3n) is 3.51. The number of nitrogens with zero attached hydrogens (tertiary/aromatic N) is 1. The smallest absolute Gasteiger partial charge is 0.407 e. The molecule has 1 fully saturated rings. The van der Waals surface area contributed by atoms with Crippen LogP contribution in [0, 0.1) is 0 Å². The molecule has 1 aromatic carbocycles. The number of piperidine rings is 1. The number of carboxylic acid groups (broad SMARTS) is 1. The van der Waals surface area contributed by atoms with Crippen LogP contribution >= 0.6 is 0 Å². The molecule has 2 atom stereocenters. The molecular weight excluding hydrogens is 265 g/mol. The molecule has 0 saturated carbocycles. The number of benzene rings is 1. The maximum Gasteiger partial charge on any atom is 0.407 e.